The third kappa shape index (κ3) is 4.57. The maximum absolute atomic E-state index is 13.7. The normalized spacial score (nSPS) is 11.9. The lowest BCUT2D eigenvalue weighted by atomic mass is 10.0. The molecule has 0 radical (unpaired) electrons. The number of hydrogen-bond donors (Lipinski definition) is 0. The number of benzene rings is 3. The van der Waals surface area contributed by atoms with Gasteiger partial charge in [-0.25, -0.2) is 9.18 Å². The molecule has 5 nitrogen and oxygen atoms in total. The Kier molecular flexibility index (Phi) is 6.79. The SMILES string of the molecule is COc1cccc2cc(C(=O)C=CC=Cc3c(-c4ccc(F)cc4)c4ccccc4n3C(C)C)c(=O)oc12. The Morgan fingerprint density at radius 1 is 1.00 bits per heavy atom. The average Bonchev–Trinajstić information content (AvgIpc) is 3.25. The number of fused-ring (bicyclic) bond motifs is 2. The number of ether oxygens (including phenoxy) is 1. The Morgan fingerprint density at radius 2 is 1.76 bits per heavy atom. The van der Waals surface area contributed by atoms with Crippen molar-refractivity contribution in [1.29, 1.82) is 0 Å². The minimum absolute atomic E-state index is 0.0568. The Bertz CT molecular complexity index is 1770. The molecule has 0 fully saturated rings. The van der Waals surface area contributed by atoms with E-state index in [0.29, 0.717) is 16.7 Å². The number of aromatic nitrogens is 1. The van der Waals surface area contributed by atoms with Crippen molar-refractivity contribution in [2.24, 2.45) is 0 Å². The Balaban J connectivity index is 1.53. The summed E-state index contributed by atoms with van der Waals surface area (Å²) in [6.07, 6.45) is 6.64. The molecule has 0 saturated heterocycles. The van der Waals surface area contributed by atoms with E-state index in [0.717, 1.165) is 27.7 Å². The van der Waals surface area contributed by atoms with Gasteiger partial charge in [-0.15, -0.1) is 0 Å². The Morgan fingerprint density at radius 3 is 2.50 bits per heavy atom. The number of methoxy groups -OCH3 is 1. The zero-order valence-corrected chi connectivity index (χ0v) is 21.3. The second-order valence-corrected chi connectivity index (χ2v) is 9.16. The van der Waals surface area contributed by atoms with Crippen LogP contribution in [0.25, 0.3) is 39.1 Å². The van der Waals surface area contributed by atoms with Crippen LogP contribution in [0.2, 0.25) is 0 Å². The molecular weight excluding hydrogens is 481 g/mol. The smallest absolute Gasteiger partial charge is 0.347 e. The van der Waals surface area contributed by atoms with Crippen LogP contribution in [0.5, 0.6) is 5.75 Å². The quantitative estimate of drug-likeness (QED) is 0.0985. The van der Waals surface area contributed by atoms with Crippen molar-refractivity contribution in [3.63, 3.8) is 0 Å². The molecule has 5 rings (SSSR count). The van der Waals surface area contributed by atoms with E-state index in [-0.39, 0.29) is 17.4 Å². The number of rotatable bonds is 7. The molecule has 0 bridgehead atoms. The van der Waals surface area contributed by atoms with E-state index < -0.39 is 11.4 Å². The van der Waals surface area contributed by atoms with Gasteiger partial charge in [0.2, 0.25) is 0 Å². The van der Waals surface area contributed by atoms with Gasteiger partial charge < -0.3 is 13.7 Å². The number of ketones is 1. The Hall–Kier alpha value is -4.71. The van der Waals surface area contributed by atoms with Gasteiger partial charge in [-0.2, -0.15) is 0 Å². The van der Waals surface area contributed by atoms with Gasteiger partial charge in [-0.1, -0.05) is 54.6 Å². The van der Waals surface area contributed by atoms with Gasteiger partial charge in [-0.3, -0.25) is 4.79 Å². The molecule has 0 aliphatic heterocycles. The van der Waals surface area contributed by atoms with Crippen LogP contribution in [0.15, 0.2) is 100 Å². The van der Waals surface area contributed by atoms with Crippen LogP contribution in [-0.2, 0) is 0 Å². The summed E-state index contributed by atoms with van der Waals surface area (Å²) in [6.45, 7) is 4.21. The van der Waals surface area contributed by atoms with Crippen molar-refractivity contribution in [3.05, 3.63) is 119 Å². The van der Waals surface area contributed by atoms with E-state index in [1.807, 2.05) is 18.2 Å². The number of nitrogens with zero attached hydrogens (tertiary/aromatic N) is 1. The van der Waals surface area contributed by atoms with E-state index >= 15 is 0 Å². The topological polar surface area (TPSA) is 61.4 Å². The van der Waals surface area contributed by atoms with Gasteiger partial charge in [0.25, 0.3) is 0 Å². The van der Waals surface area contributed by atoms with E-state index in [1.165, 1.54) is 31.4 Å². The maximum atomic E-state index is 13.7. The van der Waals surface area contributed by atoms with Crippen LogP contribution < -0.4 is 10.4 Å². The van der Waals surface area contributed by atoms with Gasteiger partial charge >= 0.3 is 5.63 Å². The molecular formula is C32H26FNO4. The molecule has 0 N–H and O–H groups in total. The summed E-state index contributed by atoms with van der Waals surface area (Å²) in [5.41, 5.74) is 3.39. The molecule has 190 valence electrons. The number of para-hydroxylation sites is 2. The Labute approximate surface area is 219 Å². The second kappa shape index (κ2) is 10.3. The highest BCUT2D eigenvalue weighted by Gasteiger charge is 2.18. The monoisotopic (exact) mass is 507 g/mol. The van der Waals surface area contributed by atoms with Crippen LogP contribution in [0.4, 0.5) is 4.39 Å². The van der Waals surface area contributed by atoms with Crippen LogP contribution in [0, 0.1) is 5.82 Å². The van der Waals surface area contributed by atoms with Crippen molar-refractivity contribution in [2.75, 3.05) is 7.11 Å². The lowest BCUT2D eigenvalue weighted by Crippen LogP contribution is -2.12. The molecule has 0 amide bonds. The van der Waals surface area contributed by atoms with Crippen LogP contribution in [0.3, 0.4) is 0 Å². The third-order valence-electron chi connectivity index (χ3n) is 6.42. The third-order valence-corrected chi connectivity index (χ3v) is 6.42. The van der Waals surface area contributed by atoms with Crippen molar-refractivity contribution in [2.45, 2.75) is 19.9 Å². The second-order valence-electron chi connectivity index (χ2n) is 9.16. The van der Waals surface area contributed by atoms with Crippen LogP contribution in [0.1, 0.15) is 35.9 Å². The molecule has 0 aliphatic carbocycles. The number of allylic oxidation sites excluding steroid dienone is 3. The minimum Gasteiger partial charge on any atom is -0.493 e. The first kappa shape index (κ1) is 25.0. The summed E-state index contributed by atoms with van der Waals surface area (Å²) >= 11 is 0. The number of halogens is 1. The predicted molar refractivity (Wildman–Crippen MR) is 149 cm³/mol. The van der Waals surface area contributed by atoms with Crippen LogP contribution in [-0.4, -0.2) is 17.5 Å². The average molecular weight is 508 g/mol. The van der Waals surface area contributed by atoms with E-state index in [2.05, 4.69) is 30.5 Å². The van der Waals surface area contributed by atoms with Crippen molar-refractivity contribution >= 4 is 33.7 Å². The number of carbonyl (C=O) groups excluding carboxylic acids is 1. The summed E-state index contributed by atoms with van der Waals surface area (Å²) in [5, 5.41) is 1.65. The lowest BCUT2D eigenvalue weighted by molar-refractivity contribution is 0.104. The molecule has 6 heteroatoms. The minimum atomic E-state index is -0.723. The highest BCUT2D eigenvalue weighted by molar-refractivity contribution is 6.06. The van der Waals surface area contributed by atoms with Gasteiger partial charge in [-0.05, 0) is 61.9 Å². The molecule has 0 unspecified atom stereocenters. The molecule has 0 aliphatic rings. The van der Waals surface area contributed by atoms with E-state index in [9.17, 15) is 14.0 Å². The van der Waals surface area contributed by atoms with E-state index in [1.54, 1.807) is 42.5 Å². The zero-order valence-electron chi connectivity index (χ0n) is 21.3. The highest BCUT2D eigenvalue weighted by atomic mass is 19.1. The first-order chi connectivity index (χ1) is 18.4. The van der Waals surface area contributed by atoms with Gasteiger partial charge in [0.15, 0.2) is 17.1 Å². The largest absolute Gasteiger partial charge is 0.493 e. The summed E-state index contributed by atoms with van der Waals surface area (Å²) < 4.78 is 26.5. The van der Waals surface area contributed by atoms with Gasteiger partial charge in [0.05, 0.1) is 7.11 Å². The predicted octanol–water partition coefficient (Wildman–Crippen LogP) is 7.60. The molecule has 0 atom stereocenters. The van der Waals surface area contributed by atoms with Crippen molar-refractivity contribution in [3.8, 4) is 16.9 Å². The molecule has 38 heavy (non-hydrogen) atoms. The molecule has 5 aromatic rings. The van der Waals surface area contributed by atoms with E-state index in [4.69, 9.17) is 9.15 Å². The lowest BCUT2D eigenvalue weighted by Gasteiger charge is -2.13. The summed E-state index contributed by atoms with van der Waals surface area (Å²) in [6, 6.07) is 21.4. The fourth-order valence-electron chi connectivity index (χ4n) is 4.75. The van der Waals surface area contributed by atoms with Crippen LogP contribution >= 0.6 is 0 Å². The first-order valence-corrected chi connectivity index (χ1v) is 12.3. The number of hydrogen-bond acceptors (Lipinski definition) is 4. The maximum Gasteiger partial charge on any atom is 0.347 e. The zero-order chi connectivity index (χ0) is 26.8. The highest BCUT2D eigenvalue weighted by Crippen LogP contribution is 2.38. The fourth-order valence-corrected chi connectivity index (χ4v) is 4.75. The van der Waals surface area contributed by atoms with Crippen molar-refractivity contribution < 1.29 is 18.3 Å². The molecule has 0 spiro atoms. The molecule has 3 aromatic carbocycles. The molecule has 2 aromatic heterocycles. The van der Waals surface area contributed by atoms with Gasteiger partial charge in [0, 0.05) is 33.6 Å². The first-order valence-electron chi connectivity index (χ1n) is 12.3. The standard InChI is InChI=1S/C32H26FNO4/c1-20(2)34-26-11-5-4-10-24(26)30(21-15-17-23(33)18-16-21)27(34)12-6-7-13-28(35)25-19-22-9-8-14-29(37-3)31(22)38-32(25)36/h4-20H,1-3H3. The number of carbonyl (C=O) groups is 1. The fraction of sp³-hybridized carbons (Fsp3) is 0.125. The summed E-state index contributed by atoms with van der Waals surface area (Å²) in [7, 11) is 1.49. The molecule has 0 saturated carbocycles. The summed E-state index contributed by atoms with van der Waals surface area (Å²) in [4.78, 5) is 25.4. The molecule has 2 heterocycles. The van der Waals surface area contributed by atoms with Gasteiger partial charge in [0.1, 0.15) is 11.4 Å². The summed E-state index contributed by atoms with van der Waals surface area (Å²) in [5.74, 6) is -0.331. The van der Waals surface area contributed by atoms with Crippen molar-refractivity contribution in [1.82, 2.24) is 4.57 Å².